The molecule has 5 rings (SSSR count). The summed E-state index contributed by atoms with van der Waals surface area (Å²) in [7, 11) is 0. The van der Waals surface area contributed by atoms with Gasteiger partial charge in [0.2, 0.25) is 5.91 Å². The molecule has 4 nitrogen and oxygen atoms in total. The number of nitrogens with one attached hydrogen (secondary N) is 1. The van der Waals surface area contributed by atoms with Crippen LogP contribution in [0.15, 0.2) is 48.5 Å². The maximum atomic E-state index is 13.6. The monoisotopic (exact) mass is 588 g/mol. The summed E-state index contributed by atoms with van der Waals surface area (Å²) in [6, 6.07) is 16.2. The lowest BCUT2D eigenvalue weighted by Gasteiger charge is -2.45. The second-order valence-electron chi connectivity index (χ2n) is 10.9. The Morgan fingerprint density at radius 1 is 0.857 bits per heavy atom. The van der Waals surface area contributed by atoms with Crippen molar-refractivity contribution in [3.8, 4) is 11.5 Å². The Morgan fingerprint density at radius 2 is 1.40 bits per heavy atom. The summed E-state index contributed by atoms with van der Waals surface area (Å²) in [6.07, 6.45) is 12.1. The highest BCUT2D eigenvalue weighted by Gasteiger charge is 2.38. The maximum absolute atomic E-state index is 13.6. The van der Waals surface area contributed by atoms with Crippen LogP contribution in [-0.4, -0.2) is 42.6 Å². The first-order chi connectivity index (χ1) is 16.7. The number of hydrogen-bond donors (Lipinski definition) is 1. The highest BCUT2D eigenvalue weighted by molar-refractivity contribution is 5.89. The van der Waals surface area contributed by atoms with Gasteiger partial charge < -0.3 is 38.5 Å². The van der Waals surface area contributed by atoms with Crippen molar-refractivity contribution in [1.82, 2.24) is 5.32 Å². The van der Waals surface area contributed by atoms with Gasteiger partial charge >= 0.3 is 0 Å². The SMILES string of the molecule is CC[N+]1(CC2CCCCCCC2)CCC(NC(=O)C2c3ccccc3Oc3ccccc32)CC1.[I-]. The lowest BCUT2D eigenvalue weighted by Crippen LogP contribution is -3.00. The quantitative estimate of drug-likeness (QED) is 0.430. The molecule has 2 aliphatic heterocycles. The number of carbonyl (C=O) groups is 1. The molecule has 0 bridgehead atoms. The van der Waals surface area contributed by atoms with E-state index in [4.69, 9.17) is 4.74 Å². The van der Waals surface area contributed by atoms with E-state index in [1.54, 1.807) is 0 Å². The molecule has 1 N–H and O–H groups in total. The standard InChI is InChI=1S/C30H40N2O2.HI/c1-2-32(22-23-12-6-4-3-5-7-13-23)20-18-24(19-21-32)31-30(33)29-25-14-8-10-16-27(25)34-28-17-11-9-15-26(28)29;/h8-11,14-17,23-24,29H,2-7,12-13,18-22H2,1H3;1H. The van der Waals surface area contributed by atoms with Crippen LogP contribution in [0.3, 0.4) is 0 Å². The number of rotatable bonds is 5. The zero-order chi connectivity index (χ0) is 23.4. The van der Waals surface area contributed by atoms with E-state index < -0.39 is 0 Å². The number of amides is 1. The number of piperidine rings is 1. The van der Waals surface area contributed by atoms with Crippen LogP contribution in [0.1, 0.15) is 81.8 Å². The second-order valence-corrected chi connectivity index (χ2v) is 10.9. The normalized spacial score (nSPS) is 25.1. The third-order valence-corrected chi connectivity index (χ3v) is 8.73. The number of carbonyl (C=O) groups excluding carboxylic acids is 1. The molecule has 5 heteroatoms. The van der Waals surface area contributed by atoms with Crippen LogP contribution in [0, 0.1) is 5.92 Å². The average Bonchev–Trinajstić information content (AvgIpc) is 2.85. The third-order valence-electron chi connectivity index (χ3n) is 8.73. The third kappa shape index (κ3) is 6.04. The number of benzene rings is 2. The number of para-hydroxylation sites is 2. The minimum Gasteiger partial charge on any atom is -1.00 e. The molecule has 2 aromatic carbocycles. The molecule has 1 amide bonds. The minimum absolute atomic E-state index is 0. The van der Waals surface area contributed by atoms with E-state index >= 15 is 0 Å². The largest absolute Gasteiger partial charge is 1.00 e. The molecule has 0 unspecified atom stereocenters. The van der Waals surface area contributed by atoms with Gasteiger partial charge in [-0.25, -0.2) is 0 Å². The molecule has 2 heterocycles. The van der Waals surface area contributed by atoms with Crippen molar-refractivity contribution in [3.63, 3.8) is 0 Å². The fourth-order valence-corrected chi connectivity index (χ4v) is 6.64. The van der Waals surface area contributed by atoms with Crippen LogP contribution in [0.4, 0.5) is 0 Å². The van der Waals surface area contributed by atoms with Crippen molar-refractivity contribution in [2.24, 2.45) is 5.92 Å². The lowest BCUT2D eigenvalue weighted by atomic mass is 9.86. The van der Waals surface area contributed by atoms with E-state index in [2.05, 4.69) is 12.2 Å². The molecular formula is C30H41IN2O2. The molecule has 1 saturated carbocycles. The smallest absolute Gasteiger partial charge is 0.232 e. The molecule has 35 heavy (non-hydrogen) atoms. The summed E-state index contributed by atoms with van der Waals surface area (Å²) in [5.41, 5.74) is 1.94. The van der Waals surface area contributed by atoms with E-state index in [0.717, 1.165) is 41.4 Å². The summed E-state index contributed by atoms with van der Waals surface area (Å²) in [6.45, 7) is 7.32. The molecule has 190 valence electrons. The van der Waals surface area contributed by atoms with E-state index in [-0.39, 0.29) is 41.8 Å². The fraction of sp³-hybridized carbons (Fsp3) is 0.567. The zero-order valence-electron chi connectivity index (χ0n) is 21.2. The van der Waals surface area contributed by atoms with Crippen LogP contribution < -0.4 is 34.0 Å². The van der Waals surface area contributed by atoms with Crippen molar-refractivity contribution in [2.75, 3.05) is 26.2 Å². The maximum Gasteiger partial charge on any atom is 0.232 e. The van der Waals surface area contributed by atoms with E-state index in [1.807, 2.05) is 48.5 Å². The number of quaternary nitrogens is 1. The summed E-state index contributed by atoms with van der Waals surface area (Å²) in [4.78, 5) is 13.6. The van der Waals surface area contributed by atoms with Gasteiger partial charge in [-0.2, -0.15) is 0 Å². The van der Waals surface area contributed by atoms with Gasteiger partial charge in [-0.1, -0.05) is 68.5 Å². The Balaban J connectivity index is 0.00000289. The lowest BCUT2D eigenvalue weighted by molar-refractivity contribution is -0.934. The molecule has 3 aliphatic rings. The molecular weight excluding hydrogens is 547 g/mol. The number of fused-ring (bicyclic) bond motifs is 2. The highest BCUT2D eigenvalue weighted by atomic mass is 127. The zero-order valence-corrected chi connectivity index (χ0v) is 23.3. The summed E-state index contributed by atoms with van der Waals surface area (Å²) >= 11 is 0. The van der Waals surface area contributed by atoms with Crippen molar-refractivity contribution < 1.29 is 38.0 Å². The van der Waals surface area contributed by atoms with Gasteiger partial charge in [-0.05, 0) is 31.9 Å². The van der Waals surface area contributed by atoms with Gasteiger partial charge in [0.1, 0.15) is 11.5 Å². The molecule has 0 spiro atoms. The Kier molecular flexibility index (Phi) is 9.14. The summed E-state index contributed by atoms with van der Waals surface area (Å²) < 4.78 is 7.35. The topological polar surface area (TPSA) is 38.3 Å². The predicted molar refractivity (Wildman–Crippen MR) is 137 cm³/mol. The Morgan fingerprint density at radius 3 is 1.97 bits per heavy atom. The molecule has 2 aromatic rings. The van der Waals surface area contributed by atoms with Crippen molar-refractivity contribution >= 4 is 5.91 Å². The molecule has 0 aromatic heterocycles. The fourth-order valence-electron chi connectivity index (χ4n) is 6.64. The molecule has 0 radical (unpaired) electrons. The first-order valence-electron chi connectivity index (χ1n) is 13.7. The Hall–Kier alpha value is -1.60. The van der Waals surface area contributed by atoms with E-state index in [0.29, 0.717) is 0 Å². The molecule has 1 aliphatic carbocycles. The van der Waals surface area contributed by atoms with Gasteiger partial charge in [0.25, 0.3) is 0 Å². The van der Waals surface area contributed by atoms with Gasteiger partial charge in [0, 0.05) is 35.9 Å². The molecule has 2 fully saturated rings. The minimum atomic E-state index is -0.302. The first-order valence-corrected chi connectivity index (χ1v) is 13.7. The average molecular weight is 589 g/mol. The van der Waals surface area contributed by atoms with Gasteiger partial charge in [-0.15, -0.1) is 0 Å². The van der Waals surface area contributed by atoms with Crippen LogP contribution >= 0.6 is 0 Å². The first kappa shape index (κ1) is 26.5. The molecule has 0 atom stereocenters. The van der Waals surface area contributed by atoms with E-state index in [9.17, 15) is 4.79 Å². The van der Waals surface area contributed by atoms with Crippen molar-refractivity contribution in [3.05, 3.63) is 59.7 Å². The number of halogens is 1. The second kappa shape index (κ2) is 12.1. The number of nitrogens with zero attached hydrogens (tertiary/aromatic N) is 1. The van der Waals surface area contributed by atoms with Crippen molar-refractivity contribution in [1.29, 1.82) is 0 Å². The van der Waals surface area contributed by atoms with Crippen LogP contribution in [-0.2, 0) is 4.79 Å². The van der Waals surface area contributed by atoms with Gasteiger partial charge in [0.15, 0.2) is 0 Å². The Labute approximate surface area is 228 Å². The summed E-state index contributed by atoms with van der Waals surface area (Å²) in [5, 5.41) is 3.45. The Bertz CT molecular complexity index is 932. The van der Waals surface area contributed by atoms with E-state index in [1.165, 1.54) is 75.6 Å². The highest BCUT2D eigenvalue weighted by Crippen LogP contribution is 2.44. The number of likely N-dealkylation sites (tertiary alicyclic amines) is 1. The number of hydrogen-bond acceptors (Lipinski definition) is 2. The van der Waals surface area contributed by atoms with Crippen molar-refractivity contribution in [2.45, 2.75) is 76.7 Å². The predicted octanol–water partition coefficient (Wildman–Crippen LogP) is 3.40. The van der Waals surface area contributed by atoms with Crippen LogP contribution in [0.5, 0.6) is 11.5 Å². The van der Waals surface area contributed by atoms with Crippen LogP contribution in [0.25, 0.3) is 0 Å². The molecule has 1 saturated heterocycles. The summed E-state index contributed by atoms with van der Waals surface area (Å²) in [5.74, 6) is 2.30. The van der Waals surface area contributed by atoms with Crippen LogP contribution in [0.2, 0.25) is 0 Å². The number of ether oxygens (including phenoxy) is 1. The van der Waals surface area contributed by atoms with Gasteiger partial charge in [-0.3, -0.25) is 4.79 Å². The van der Waals surface area contributed by atoms with Gasteiger partial charge in [0.05, 0.1) is 32.1 Å².